The van der Waals surface area contributed by atoms with Gasteiger partial charge in [0.2, 0.25) is 0 Å². The Morgan fingerprint density at radius 2 is 2.27 bits per heavy atom. The van der Waals surface area contributed by atoms with Gasteiger partial charge in [-0.25, -0.2) is 13.4 Å². The first-order valence-corrected chi connectivity index (χ1v) is 8.67. The second-order valence-electron chi connectivity index (χ2n) is 5.16. The third kappa shape index (κ3) is 3.16. The molecule has 116 valence electrons. The van der Waals surface area contributed by atoms with E-state index in [0.717, 1.165) is 0 Å². The van der Waals surface area contributed by atoms with Crippen LogP contribution in [0.4, 0.5) is 0 Å². The van der Waals surface area contributed by atoms with E-state index in [1.54, 1.807) is 12.1 Å². The van der Waals surface area contributed by atoms with Crippen LogP contribution in [0.1, 0.15) is 22.7 Å². The fourth-order valence-corrected chi connectivity index (χ4v) is 4.25. The first-order chi connectivity index (χ1) is 10.6. The van der Waals surface area contributed by atoms with Gasteiger partial charge in [-0.1, -0.05) is 0 Å². The topological polar surface area (TPSA) is 93.4 Å². The first-order valence-electron chi connectivity index (χ1n) is 6.85. The Morgan fingerprint density at radius 3 is 2.86 bits per heavy atom. The van der Waals surface area contributed by atoms with Gasteiger partial charge in [-0.3, -0.25) is 9.78 Å². The van der Waals surface area contributed by atoms with Crippen LogP contribution in [0.15, 0.2) is 41.4 Å². The number of carbonyl (C=O) groups is 1. The minimum atomic E-state index is -3.10. The average Bonchev–Trinajstić information content (AvgIpc) is 3.14. The Hall–Kier alpha value is -2.22. The van der Waals surface area contributed by atoms with E-state index in [2.05, 4.69) is 9.97 Å². The van der Waals surface area contributed by atoms with E-state index in [1.807, 2.05) is 0 Å². The maximum Gasteiger partial charge on any atom is 0.274 e. The van der Waals surface area contributed by atoms with Crippen molar-refractivity contribution in [3.8, 4) is 0 Å². The number of carbonyl (C=O) groups excluding carboxylic acids is 1. The molecule has 3 rings (SSSR count). The molecule has 0 unspecified atom stereocenters. The van der Waals surface area contributed by atoms with E-state index < -0.39 is 9.84 Å². The second-order valence-corrected chi connectivity index (χ2v) is 7.39. The molecule has 1 aliphatic heterocycles. The van der Waals surface area contributed by atoms with Gasteiger partial charge >= 0.3 is 0 Å². The molecule has 0 aliphatic carbocycles. The van der Waals surface area contributed by atoms with Crippen LogP contribution in [0.5, 0.6) is 0 Å². The van der Waals surface area contributed by atoms with Crippen LogP contribution in [0.25, 0.3) is 0 Å². The van der Waals surface area contributed by atoms with Crippen molar-refractivity contribution < 1.29 is 17.6 Å². The van der Waals surface area contributed by atoms with Crippen molar-refractivity contribution in [1.29, 1.82) is 0 Å². The number of amides is 1. The molecule has 3 heterocycles. The van der Waals surface area contributed by atoms with E-state index in [9.17, 15) is 13.2 Å². The molecule has 1 amide bonds. The lowest BCUT2D eigenvalue weighted by Crippen LogP contribution is -2.41. The molecule has 7 nitrogen and oxygen atoms in total. The normalized spacial score (nSPS) is 19.9. The molecular formula is C14H15N3O4S. The maximum atomic E-state index is 12.7. The Labute approximate surface area is 127 Å². The number of aromatic nitrogens is 2. The van der Waals surface area contributed by atoms with Gasteiger partial charge < -0.3 is 9.32 Å². The van der Waals surface area contributed by atoms with Gasteiger partial charge in [-0.2, -0.15) is 0 Å². The fourth-order valence-electron chi connectivity index (χ4n) is 2.52. The Balaban J connectivity index is 1.87. The molecule has 0 bridgehead atoms. The average molecular weight is 321 g/mol. The summed E-state index contributed by atoms with van der Waals surface area (Å²) in [7, 11) is -3.10. The van der Waals surface area contributed by atoms with Crippen LogP contribution in [-0.4, -0.2) is 46.7 Å². The van der Waals surface area contributed by atoms with Gasteiger partial charge in [0.25, 0.3) is 5.91 Å². The molecule has 8 heteroatoms. The van der Waals surface area contributed by atoms with Crippen LogP contribution in [0.2, 0.25) is 0 Å². The van der Waals surface area contributed by atoms with Crippen molar-refractivity contribution in [3.63, 3.8) is 0 Å². The van der Waals surface area contributed by atoms with Crippen LogP contribution < -0.4 is 0 Å². The highest BCUT2D eigenvalue weighted by Gasteiger charge is 2.35. The summed E-state index contributed by atoms with van der Waals surface area (Å²) in [6.45, 7) is 0.211. The van der Waals surface area contributed by atoms with E-state index in [4.69, 9.17) is 4.42 Å². The SMILES string of the molecule is O=C(c1cnccn1)N(Cc1ccco1)[C@H]1CCS(=O)(=O)C1. The summed E-state index contributed by atoms with van der Waals surface area (Å²) < 4.78 is 28.7. The summed E-state index contributed by atoms with van der Waals surface area (Å²) in [5, 5.41) is 0. The van der Waals surface area contributed by atoms with E-state index in [1.165, 1.54) is 29.8 Å². The van der Waals surface area contributed by atoms with E-state index in [-0.39, 0.29) is 35.7 Å². The lowest BCUT2D eigenvalue weighted by Gasteiger charge is -2.27. The van der Waals surface area contributed by atoms with Crippen molar-refractivity contribution in [3.05, 3.63) is 48.4 Å². The monoisotopic (exact) mass is 321 g/mol. The Kier molecular flexibility index (Phi) is 3.93. The molecule has 0 saturated carbocycles. The molecule has 1 saturated heterocycles. The molecule has 0 spiro atoms. The highest BCUT2D eigenvalue weighted by Crippen LogP contribution is 2.21. The molecule has 2 aromatic rings. The largest absolute Gasteiger partial charge is 0.467 e. The third-order valence-corrected chi connectivity index (χ3v) is 5.35. The summed E-state index contributed by atoms with van der Waals surface area (Å²) in [4.78, 5) is 22.1. The summed E-state index contributed by atoms with van der Waals surface area (Å²) in [6.07, 6.45) is 6.24. The Bertz CT molecular complexity index is 744. The molecule has 2 aromatic heterocycles. The van der Waals surface area contributed by atoms with Crippen molar-refractivity contribution in [2.24, 2.45) is 0 Å². The zero-order valence-electron chi connectivity index (χ0n) is 11.8. The first kappa shape index (κ1) is 14.7. The molecule has 0 radical (unpaired) electrons. The standard InChI is InChI=1S/C14H15N3O4S/c18-14(13-8-15-4-5-16-13)17(9-12-2-1-6-21-12)11-3-7-22(19,20)10-11/h1-2,4-6,8,11H,3,7,9-10H2/t11-/m0/s1. The van der Waals surface area contributed by atoms with Gasteiger partial charge in [-0.15, -0.1) is 0 Å². The van der Waals surface area contributed by atoms with Gasteiger partial charge in [0.05, 0.1) is 30.5 Å². The van der Waals surface area contributed by atoms with E-state index in [0.29, 0.717) is 12.2 Å². The third-order valence-electron chi connectivity index (χ3n) is 3.60. The zero-order chi connectivity index (χ0) is 15.6. The second kappa shape index (κ2) is 5.88. The smallest absolute Gasteiger partial charge is 0.274 e. The highest BCUT2D eigenvalue weighted by atomic mass is 32.2. The van der Waals surface area contributed by atoms with Crippen LogP contribution >= 0.6 is 0 Å². The summed E-state index contributed by atoms with van der Waals surface area (Å²) in [5.74, 6) is 0.327. The molecule has 22 heavy (non-hydrogen) atoms. The molecule has 1 atom stereocenters. The molecule has 1 fully saturated rings. The number of furan rings is 1. The molecular weight excluding hydrogens is 306 g/mol. The summed E-state index contributed by atoms with van der Waals surface area (Å²) in [6, 6.07) is 3.11. The molecule has 0 N–H and O–H groups in total. The van der Waals surface area contributed by atoms with Gasteiger partial charge in [0.1, 0.15) is 11.5 Å². The van der Waals surface area contributed by atoms with Gasteiger partial charge in [0, 0.05) is 18.4 Å². The minimum Gasteiger partial charge on any atom is -0.467 e. The van der Waals surface area contributed by atoms with Crippen molar-refractivity contribution in [2.75, 3.05) is 11.5 Å². The zero-order valence-corrected chi connectivity index (χ0v) is 12.6. The predicted octanol–water partition coefficient (Wildman–Crippen LogP) is 0.899. The lowest BCUT2D eigenvalue weighted by atomic mass is 10.2. The Morgan fingerprint density at radius 1 is 1.41 bits per heavy atom. The van der Waals surface area contributed by atoms with Crippen molar-refractivity contribution in [1.82, 2.24) is 14.9 Å². The quantitative estimate of drug-likeness (QED) is 0.830. The van der Waals surface area contributed by atoms with Crippen LogP contribution in [-0.2, 0) is 16.4 Å². The number of rotatable bonds is 4. The maximum absolute atomic E-state index is 12.7. The van der Waals surface area contributed by atoms with Crippen molar-refractivity contribution >= 4 is 15.7 Å². The number of hydrogen-bond donors (Lipinski definition) is 0. The van der Waals surface area contributed by atoms with Gasteiger partial charge in [0.15, 0.2) is 9.84 Å². The number of nitrogens with zero attached hydrogens (tertiary/aromatic N) is 3. The molecule has 0 aromatic carbocycles. The summed E-state index contributed by atoms with van der Waals surface area (Å²) >= 11 is 0. The lowest BCUT2D eigenvalue weighted by molar-refractivity contribution is 0.0659. The van der Waals surface area contributed by atoms with E-state index >= 15 is 0 Å². The van der Waals surface area contributed by atoms with Crippen molar-refractivity contribution in [2.45, 2.75) is 19.0 Å². The van der Waals surface area contributed by atoms with Crippen LogP contribution in [0.3, 0.4) is 0 Å². The molecule has 1 aliphatic rings. The van der Waals surface area contributed by atoms with Gasteiger partial charge in [-0.05, 0) is 18.6 Å². The number of sulfone groups is 1. The fraction of sp³-hybridized carbons (Fsp3) is 0.357. The van der Waals surface area contributed by atoms with Crippen LogP contribution in [0, 0.1) is 0 Å². The number of hydrogen-bond acceptors (Lipinski definition) is 6. The predicted molar refractivity (Wildman–Crippen MR) is 77.7 cm³/mol. The minimum absolute atomic E-state index is 0.0281. The summed E-state index contributed by atoms with van der Waals surface area (Å²) in [5.41, 5.74) is 0.193. The highest BCUT2D eigenvalue weighted by molar-refractivity contribution is 7.91.